The normalized spacial score (nSPS) is 34.3. The van der Waals surface area contributed by atoms with Crippen LogP contribution in [0.15, 0.2) is 28.8 Å². The van der Waals surface area contributed by atoms with Crippen LogP contribution < -0.4 is 11.3 Å². The lowest BCUT2D eigenvalue weighted by Gasteiger charge is -2.26. The number of aliphatic hydroxyl groups is 4. The Labute approximate surface area is 228 Å². The molecule has 3 aromatic heterocycles. The van der Waals surface area contributed by atoms with Crippen LogP contribution in [-0.2, 0) is 23.1 Å². The molecule has 6 rings (SSSR count). The number of rotatable bonds is 8. The number of imidazole rings is 1. The lowest BCUT2D eigenvalue weighted by Crippen LogP contribution is -2.38. The molecule has 0 saturated carbocycles. The average Bonchev–Trinajstić information content (AvgIpc) is 3.70. The van der Waals surface area contributed by atoms with Gasteiger partial charge in [0.05, 0.1) is 37.1 Å². The van der Waals surface area contributed by atoms with Gasteiger partial charge in [-0.1, -0.05) is 0 Å². The number of aromatic amines is 1. The number of fused-ring (bicyclic) bond motifs is 2. The molecule has 41 heavy (non-hydrogen) atoms. The van der Waals surface area contributed by atoms with Crippen LogP contribution in [0.3, 0.4) is 0 Å². The highest BCUT2D eigenvalue weighted by Crippen LogP contribution is 2.50. The fourth-order valence-corrected chi connectivity index (χ4v) is 6.00. The zero-order valence-electron chi connectivity index (χ0n) is 20.8. The van der Waals surface area contributed by atoms with Crippen LogP contribution in [0, 0.1) is 0 Å². The summed E-state index contributed by atoms with van der Waals surface area (Å²) in [6.07, 6.45) is -6.27. The first-order valence-corrected chi connectivity index (χ1v) is 13.7. The molecular weight excluding hydrogens is 571 g/mol. The topological polar surface area (TPSA) is 283 Å². The van der Waals surface area contributed by atoms with Crippen molar-refractivity contribution in [2.24, 2.45) is 4.99 Å². The number of phosphoric acid groups is 1. The average molecular weight is 596 g/mol. The largest absolute Gasteiger partial charge is 0.472 e. The number of aliphatic hydroxyl groups excluding tert-OH is 4. The Bertz CT molecular complexity index is 1580. The van der Waals surface area contributed by atoms with Crippen LogP contribution in [0.25, 0.3) is 11.2 Å². The quantitative estimate of drug-likeness (QED) is 0.127. The van der Waals surface area contributed by atoms with Crippen LogP contribution >= 0.6 is 7.82 Å². The Morgan fingerprint density at radius 1 is 1.10 bits per heavy atom. The molecule has 2 fully saturated rings. The molecule has 3 aliphatic rings. The molecule has 8 N–H and O–H groups in total. The molecule has 0 bridgehead atoms. The Kier molecular flexibility index (Phi) is 7.19. The third-order valence-corrected chi connectivity index (χ3v) is 8.07. The summed E-state index contributed by atoms with van der Waals surface area (Å²) in [5, 5.41) is 41.5. The third-order valence-electron chi connectivity index (χ3n) is 7.08. The van der Waals surface area contributed by atoms with Crippen molar-refractivity contribution in [3.63, 3.8) is 0 Å². The van der Waals surface area contributed by atoms with Crippen molar-refractivity contribution in [2.75, 3.05) is 18.9 Å². The van der Waals surface area contributed by atoms with E-state index in [9.17, 15) is 34.7 Å². The van der Waals surface area contributed by atoms with Gasteiger partial charge in [-0.3, -0.25) is 23.4 Å². The van der Waals surface area contributed by atoms with E-state index in [-0.39, 0.29) is 28.2 Å². The molecule has 3 aromatic rings. The SMILES string of the molecule is Nc1ncnc2c1ncn2[C@@H]1O[C@H](COP(=O)(O)O[C@@H]2[C@H](O)[C@@H](CO)O[C@H]2C2N=Cc3c2nc[nH]c3=O)[C@@H](O)[C@H]1O. The zero-order valence-corrected chi connectivity index (χ0v) is 21.7. The van der Waals surface area contributed by atoms with Crippen LogP contribution in [-0.4, -0.2) is 117 Å². The Morgan fingerprint density at radius 3 is 2.68 bits per heavy atom. The molecule has 10 atom stereocenters. The Morgan fingerprint density at radius 2 is 1.90 bits per heavy atom. The number of nitrogen functional groups attached to an aromatic ring is 1. The molecule has 0 aromatic carbocycles. The van der Waals surface area contributed by atoms with Crippen LogP contribution in [0.2, 0.25) is 0 Å². The molecule has 2 saturated heterocycles. The monoisotopic (exact) mass is 596 g/mol. The van der Waals surface area contributed by atoms with Gasteiger partial charge in [0.2, 0.25) is 0 Å². The van der Waals surface area contributed by atoms with Crippen molar-refractivity contribution < 1.29 is 48.4 Å². The van der Waals surface area contributed by atoms with Gasteiger partial charge in [0, 0.05) is 6.21 Å². The smallest absolute Gasteiger partial charge is 0.394 e. The van der Waals surface area contributed by atoms with Gasteiger partial charge in [0.15, 0.2) is 17.7 Å². The number of aliphatic imine (C=N–C) groups is 1. The zero-order chi connectivity index (χ0) is 29.1. The number of nitrogens with two attached hydrogens (primary N) is 1. The van der Waals surface area contributed by atoms with E-state index < -0.39 is 81.6 Å². The molecular formula is C21H25N8O11P. The van der Waals surface area contributed by atoms with Crippen LogP contribution in [0.5, 0.6) is 0 Å². The van der Waals surface area contributed by atoms with Crippen molar-refractivity contribution in [3.05, 3.63) is 40.6 Å². The van der Waals surface area contributed by atoms with Crippen molar-refractivity contribution >= 4 is 31.0 Å². The Balaban J connectivity index is 1.16. The minimum absolute atomic E-state index is 0.0919. The van der Waals surface area contributed by atoms with E-state index >= 15 is 0 Å². The molecule has 0 amide bonds. The number of aromatic nitrogens is 6. The van der Waals surface area contributed by atoms with Crippen molar-refractivity contribution in [2.45, 2.75) is 55.0 Å². The lowest BCUT2D eigenvalue weighted by atomic mass is 10.00. The van der Waals surface area contributed by atoms with Crippen molar-refractivity contribution in [1.29, 1.82) is 0 Å². The third kappa shape index (κ3) is 4.85. The standard InChI is InChI=1S/C21H25N8O11P/c22-18-12-19(26-5-25-18)29(6-28-12)21-15(33)13(31)9(39-21)3-37-41(35,36)40-17-14(32)8(2-30)38-16(17)11-10-7(1-23-11)20(34)27-4-24-10/h1,4-6,8-9,11,13-17,21,30-33H,2-3H2,(H,35,36)(H2,22,25,26)(H,24,27,34)/t8-,9-,11?,13-,14-,15-,16+,17-,21-/m1/s1. The molecule has 20 heteroatoms. The van der Waals surface area contributed by atoms with Crippen LogP contribution in [0.1, 0.15) is 23.5 Å². The van der Waals surface area contributed by atoms with Gasteiger partial charge in [0.1, 0.15) is 60.6 Å². The first-order valence-electron chi connectivity index (χ1n) is 12.2. The second-order valence-corrected chi connectivity index (χ2v) is 10.9. The number of H-pyrrole nitrogens is 1. The molecule has 19 nitrogen and oxygen atoms in total. The number of phosphoric ester groups is 1. The van der Waals surface area contributed by atoms with Crippen molar-refractivity contribution in [1.82, 2.24) is 29.5 Å². The number of nitrogens with zero attached hydrogens (tertiary/aromatic N) is 6. The summed E-state index contributed by atoms with van der Waals surface area (Å²) < 4.78 is 36.0. The summed E-state index contributed by atoms with van der Waals surface area (Å²) in [5.74, 6) is 0.0919. The number of hydrogen-bond acceptors (Lipinski definition) is 16. The van der Waals surface area contributed by atoms with Gasteiger partial charge in [-0.05, 0) is 0 Å². The molecule has 3 aliphatic heterocycles. The second-order valence-electron chi connectivity index (χ2n) is 9.53. The summed E-state index contributed by atoms with van der Waals surface area (Å²) in [7, 11) is -5.00. The maximum Gasteiger partial charge on any atom is 0.472 e. The highest BCUT2D eigenvalue weighted by Gasteiger charge is 2.53. The molecule has 220 valence electrons. The maximum absolute atomic E-state index is 13.0. The van der Waals surface area contributed by atoms with Crippen LogP contribution in [0.4, 0.5) is 5.82 Å². The minimum Gasteiger partial charge on any atom is -0.394 e. The summed E-state index contributed by atoms with van der Waals surface area (Å²) in [6.45, 7) is -1.37. The number of anilines is 1. The highest BCUT2D eigenvalue weighted by atomic mass is 31.2. The molecule has 0 spiro atoms. The predicted octanol–water partition coefficient (Wildman–Crippen LogP) is -3.09. The van der Waals surface area contributed by atoms with Gasteiger partial charge in [-0.2, -0.15) is 0 Å². The molecule has 2 unspecified atom stereocenters. The molecule has 0 radical (unpaired) electrons. The van der Waals surface area contributed by atoms with Gasteiger partial charge in [-0.15, -0.1) is 0 Å². The van der Waals surface area contributed by atoms with E-state index in [1.54, 1.807) is 0 Å². The highest BCUT2D eigenvalue weighted by molar-refractivity contribution is 7.47. The predicted molar refractivity (Wildman–Crippen MR) is 133 cm³/mol. The fourth-order valence-electron chi connectivity index (χ4n) is 5.05. The van der Waals surface area contributed by atoms with E-state index in [1.807, 2.05) is 0 Å². The second kappa shape index (κ2) is 10.6. The lowest BCUT2D eigenvalue weighted by molar-refractivity contribution is -0.0562. The summed E-state index contributed by atoms with van der Waals surface area (Å²) in [5.41, 5.74) is 6.11. The van der Waals surface area contributed by atoms with E-state index in [0.717, 1.165) is 6.33 Å². The van der Waals surface area contributed by atoms with E-state index in [4.69, 9.17) is 24.3 Å². The number of nitrogens with one attached hydrogen (secondary N) is 1. The van der Waals surface area contributed by atoms with Gasteiger partial charge in [-0.25, -0.2) is 24.5 Å². The fraction of sp³-hybridized carbons (Fsp3) is 0.524. The van der Waals surface area contributed by atoms with Crippen molar-refractivity contribution in [3.8, 4) is 0 Å². The van der Waals surface area contributed by atoms with E-state index in [2.05, 4.69) is 29.9 Å². The summed E-state index contributed by atoms with van der Waals surface area (Å²) >= 11 is 0. The first kappa shape index (κ1) is 27.9. The van der Waals surface area contributed by atoms with Gasteiger partial charge >= 0.3 is 7.82 Å². The Hall–Kier alpha value is -3.23. The number of hydrogen-bond donors (Lipinski definition) is 7. The summed E-state index contributed by atoms with van der Waals surface area (Å²) in [6, 6.07) is -0.998. The molecule has 0 aliphatic carbocycles. The van der Waals surface area contributed by atoms with Gasteiger partial charge < -0.3 is 45.5 Å². The molecule has 6 heterocycles. The summed E-state index contributed by atoms with van der Waals surface area (Å²) in [4.78, 5) is 45.3. The van der Waals surface area contributed by atoms with E-state index in [1.165, 1.54) is 23.4 Å². The minimum atomic E-state index is -5.00. The maximum atomic E-state index is 13.0. The first-order chi connectivity index (χ1) is 19.6. The number of ether oxygens (including phenoxy) is 2. The van der Waals surface area contributed by atoms with Gasteiger partial charge in [0.25, 0.3) is 5.56 Å². The van der Waals surface area contributed by atoms with E-state index in [0.29, 0.717) is 0 Å².